The lowest BCUT2D eigenvalue weighted by Gasteiger charge is -2.40. The molecule has 10 heteroatoms. The van der Waals surface area contributed by atoms with E-state index in [4.69, 9.17) is 14.0 Å². The van der Waals surface area contributed by atoms with Crippen molar-refractivity contribution in [2.45, 2.75) is 50.5 Å². The number of allylic oxidation sites excluding steroid dienone is 1. The van der Waals surface area contributed by atoms with Gasteiger partial charge in [-0.1, -0.05) is 19.1 Å². The molecule has 1 aliphatic rings. The maximum atomic E-state index is 10.7. The van der Waals surface area contributed by atoms with Gasteiger partial charge >= 0.3 is 10.4 Å². The van der Waals surface area contributed by atoms with Gasteiger partial charge in [0, 0.05) is 0 Å². The van der Waals surface area contributed by atoms with Crippen molar-refractivity contribution in [3.63, 3.8) is 0 Å². The summed E-state index contributed by atoms with van der Waals surface area (Å²) in [6.07, 6.45) is -2.24. The van der Waals surface area contributed by atoms with Crippen LogP contribution in [0.5, 0.6) is 0 Å². The molecule has 130 valence electrons. The van der Waals surface area contributed by atoms with Crippen LogP contribution in [0.2, 0.25) is 0 Å². The summed E-state index contributed by atoms with van der Waals surface area (Å²) < 4.78 is 44.8. The number of ether oxygens (including phenoxy) is 2. The van der Waals surface area contributed by atoms with Gasteiger partial charge in [0.1, 0.15) is 24.4 Å². The van der Waals surface area contributed by atoms with Crippen LogP contribution in [-0.4, -0.2) is 72.2 Å². The third-order valence-electron chi connectivity index (χ3n) is 3.02. The summed E-state index contributed by atoms with van der Waals surface area (Å²) in [5, 5.41) is 28.9. The molecule has 1 heterocycles. The average Bonchev–Trinajstić information content (AvgIpc) is 2.44. The number of hydrogen-bond acceptors (Lipinski definition) is 8. The molecule has 0 aromatic carbocycles. The van der Waals surface area contributed by atoms with Crippen molar-refractivity contribution < 1.29 is 41.9 Å². The van der Waals surface area contributed by atoms with Crippen molar-refractivity contribution >= 4 is 10.4 Å². The van der Waals surface area contributed by atoms with Crippen LogP contribution < -0.4 is 0 Å². The zero-order valence-electron chi connectivity index (χ0n) is 12.1. The van der Waals surface area contributed by atoms with Crippen LogP contribution in [0.15, 0.2) is 12.2 Å². The molecule has 0 aromatic heterocycles. The Morgan fingerprint density at radius 2 is 1.91 bits per heavy atom. The Hall–Kier alpha value is -0.590. The van der Waals surface area contributed by atoms with Gasteiger partial charge in [-0.25, -0.2) is 4.18 Å². The molecule has 4 N–H and O–H groups in total. The minimum absolute atomic E-state index is 0.201. The van der Waals surface area contributed by atoms with Crippen molar-refractivity contribution in [3.8, 4) is 0 Å². The fraction of sp³-hybridized carbons (Fsp3) is 0.833. The fourth-order valence-corrected chi connectivity index (χ4v) is 2.50. The minimum Gasteiger partial charge on any atom is -0.394 e. The van der Waals surface area contributed by atoms with Gasteiger partial charge in [0.2, 0.25) is 0 Å². The van der Waals surface area contributed by atoms with Crippen LogP contribution in [0.4, 0.5) is 0 Å². The van der Waals surface area contributed by atoms with E-state index in [2.05, 4.69) is 4.18 Å². The predicted octanol–water partition coefficient (Wildman–Crippen LogP) is -1.01. The van der Waals surface area contributed by atoms with Gasteiger partial charge < -0.3 is 24.8 Å². The number of aliphatic hydroxyl groups is 3. The average molecular weight is 342 g/mol. The van der Waals surface area contributed by atoms with Gasteiger partial charge in [0.25, 0.3) is 0 Å². The second kappa shape index (κ2) is 8.89. The molecule has 0 aliphatic carbocycles. The van der Waals surface area contributed by atoms with Gasteiger partial charge in [-0.15, -0.1) is 0 Å². The number of hydrogen-bond donors (Lipinski definition) is 4. The van der Waals surface area contributed by atoms with E-state index in [1.807, 2.05) is 19.1 Å². The van der Waals surface area contributed by atoms with Crippen molar-refractivity contribution in [1.29, 1.82) is 0 Å². The molecule has 1 aliphatic heterocycles. The van der Waals surface area contributed by atoms with Crippen LogP contribution in [-0.2, 0) is 24.1 Å². The molecule has 1 fully saturated rings. The Balaban J connectivity index is 2.64. The van der Waals surface area contributed by atoms with Gasteiger partial charge in [-0.05, 0) is 12.8 Å². The Labute approximate surface area is 129 Å². The third kappa shape index (κ3) is 5.89. The number of rotatable bonds is 8. The summed E-state index contributed by atoms with van der Waals surface area (Å²) in [7, 11) is -4.88. The first-order chi connectivity index (χ1) is 10.3. The molecule has 0 bridgehead atoms. The first-order valence-electron chi connectivity index (χ1n) is 6.85. The summed E-state index contributed by atoms with van der Waals surface area (Å²) in [4.78, 5) is 0. The lowest BCUT2D eigenvalue weighted by molar-refractivity contribution is -0.296. The molecule has 0 spiro atoms. The second-order valence-electron chi connectivity index (χ2n) is 4.73. The van der Waals surface area contributed by atoms with E-state index in [-0.39, 0.29) is 6.61 Å². The highest BCUT2D eigenvalue weighted by Crippen LogP contribution is 2.25. The van der Waals surface area contributed by atoms with Crippen LogP contribution in [0, 0.1) is 0 Å². The van der Waals surface area contributed by atoms with E-state index in [0.29, 0.717) is 6.42 Å². The quantitative estimate of drug-likeness (QED) is 0.248. The van der Waals surface area contributed by atoms with Gasteiger partial charge in [0.15, 0.2) is 6.29 Å². The largest absolute Gasteiger partial charge is 0.397 e. The van der Waals surface area contributed by atoms with Crippen LogP contribution in [0.1, 0.15) is 19.8 Å². The Bertz CT molecular complexity index is 448. The van der Waals surface area contributed by atoms with Gasteiger partial charge in [-0.2, -0.15) is 8.42 Å². The highest BCUT2D eigenvalue weighted by atomic mass is 32.3. The monoisotopic (exact) mass is 342 g/mol. The minimum atomic E-state index is -4.88. The summed E-state index contributed by atoms with van der Waals surface area (Å²) >= 11 is 0. The van der Waals surface area contributed by atoms with E-state index < -0.39 is 47.7 Å². The van der Waals surface area contributed by atoms with Gasteiger partial charge in [-0.3, -0.25) is 4.55 Å². The summed E-state index contributed by atoms with van der Waals surface area (Å²) in [6.45, 7) is 1.48. The molecule has 1 saturated heterocycles. The van der Waals surface area contributed by atoms with Crippen molar-refractivity contribution in [1.82, 2.24) is 0 Å². The zero-order valence-corrected chi connectivity index (χ0v) is 12.9. The normalized spacial score (nSPS) is 33.4. The molecule has 0 radical (unpaired) electrons. The first kappa shape index (κ1) is 19.5. The summed E-state index contributed by atoms with van der Waals surface area (Å²) in [6, 6.07) is 0. The second-order valence-corrected chi connectivity index (χ2v) is 5.78. The molecule has 22 heavy (non-hydrogen) atoms. The lowest BCUT2D eigenvalue weighted by atomic mass is 9.99. The molecule has 1 rings (SSSR count). The molecular weight excluding hydrogens is 320 g/mol. The molecule has 5 unspecified atom stereocenters. The van der Waals surface area contributed by atoms with Crippen LogP contribution in [0.25, 0.3) is 0 Å². The van der Waals surface area contributed by atoms with E-state index in [1.165, 1.54) is 0 Å². The van der Waals surface area contributed by atoms with E-state index in [9.17, 15) is 23.7 Å². The standard InChI is InChI=1S/C12H22O9S/c1-2-3-4-5-6-19-12-10(15)9(14)11(8(7-13)20-12)21-22(16,17)18/h3-4,8-15H,2,5-7H2,1H3,(H,16,17,18). The topological polar surface area (TPSA) is 143 Å². The van der Waals surface area contributed by atoms with E-state index in [0.717, 1.165) is 6.42 Å². The molecule has 5 atom stereocenters. The Morgan fingerprint density at radius 1 is 1.23 bits per heavy atom. The molecular formula is C12H22O9S. The molecule has 0 amide bonds. The van der Waals surface area contributed by atoms with Crippen molar-refractivity contribution in [2.75, 3.05) is 13.2 Å². The Morgan fingerprint density at radius 3 is 2.45 bits per heavy atom. The van der Waals surface area contributed by atoms with E-state index >= 15 is 0 Å². The molecule has 9 nitrogen and oxygen atoms in total. The molecule has 0 aromatic rings. The van der Waals surface area contributed by atoms with Crippen molar-refractivity contribution in [3.05, 3.63) is 12.2 Å². The van der Waals surface area contributed by atoms with Crippen LogP contribution >= 0.6 is 0 Å². The van der Waals surface area contributed by atoms with Crippen LogP contribution in [0.3, 0.4) is 0 Å². The van der Waals surface area contributed by atoms with E-state index in [1.54, 1.807) is 0 Å². The van der Waals surface area contributed by atoms with Gasteiger partial charge in [0.05, 0.1) is 13.2 Å². The summed E-state index contributed by atoms with van der Waals surface area (Å²) in [5.41, 5.74) is 0. The Kier molecular flexibility index (Phi) is 7.86. The highest BCUT2D eigenvalue weighted by molar-refractivity contribution is 7.80. The summed E-state index contributed by atoms with van der Waals surface area (Å²) in [5.74, 6) is 0. The maximum absolute atomic E-state index is 10.7. The number of aliphatic hydroxyl groups excluding tert-OH is 3. The maximum Gasteiger partial charge on any atom is 0.397 e. The van der Waals surface area contributed by atoms with Crippen molar-refractivity contribution in [2.24, 2.45) is 0 Å². The highest BCUT2D eigenvalue weighted by Gasteiger charge is 2.47. The fourth-order valence-electron chi connectivity index (χ4n) is 1.99. The zero-order chi connectivity index (χ0) is 16.8. The third-order valence-corrected chi connectivity index (χ3v) is 3.49. The lowest BCUT2D eigenvalue weighted by Crippen LogP contribution is -2.60. The predicted molar refractivity (Wildman–Crippen MR) is 74.2 cm³/mol. The molecule has 0 saturated carbocycles. The smallest absolute Gasteiger partial charge is 0.394 e. The first-order valence-corrected chi connectivity index (χ1v) is 8.21. The SMILES string of the molecule is CCC=CCCOC1OC(CO)C(OS(=O)(=O)O)C(O)C1O.